The number of aryl methyl sites for hydroxylation is 1. The first kappa shape index (κ1) is 16.9. The molecule has 2 aliphatic heterocycles. The molecule has 2 saturated heterocycles. The van der Waals surface area contributed by atoms with E-state index in [2.05, 4.69) is 31.5 Å². The lowest BCUT2D eigenvalue weighted by Gasteiger charge is -2.31. The van der Waals surface area contributed by atoms with E-state index in [4.69, 9.17) is 4.98 Å². The van der Waals surface area contributed by atoms with E-state index in [9.17, 15) is 4.79 Å². The molecule has 0 bridgehead atoms. The number of anilines is 1. The van der Waals surface area contributed by atoms with Gasteiger partial charge in [0.2, 0.25) is 5.91 Å². The van der Waals surface area contributed by atoms with E-state index in [0.29, 0.717) is 5.92 Å². The Morgan fingerprint density at radius 1 is 1.15 bits per heavy atom. The lowest BCUT2D eigenvalue weighted by atomic mass is 9.95. The fourth-order valence-electron chi connectivity index (χ4n) is 3.74. The Morgan fingerprint density at radius 2 is 1.92 bits per heavy atom. The highest BCUT2D eigenvalue weighted by Gasteiger charge is 2.27. The third-order valence-corrected chi connectivity index (χ3v) is 5.19. The van der Waals surface area contributed by atoms with Crippen molar-refractivity contribution in [3.8, 4) is 0 Å². The summed E-state index contributed by atoms with van der Waals surface area (Å²) >= 11 is 0. The summed E-state index contributed by atoms with van der Waals surface area (Å²) in [6, 6.07) is 2.08. The molecule has 0 N–H and O–H groups in total. The Balaban J connectivity index is 1.39. The van der Waals surface area contributed by atoms with Gasteiger partial charge in [-0.1, -0.05) is 0 Å². The van der Waals surface area contributed by atoms with Gasteiger partial charge >= 0.3 is 0 Å². The number of rotatable bonds is 4. The van der Waals surface area contributed by atoms with Crippen LogP contribution in [-0.2, 0) is 11.3 Å². The molecule has 2 aliphatic rings. The van der Waals surface area contributed by atoms with Crippen LogP contribution in [0, 0.1) is 6.92 Å². The number of likely N-dealkylation sites (tertiary alicyclic amines) is 1. The zero-order valence-electron chi connectivity index (χ0n) is 15.1. The van der Waals surface area contributed by atoms with Crippen molar-refractivity contribution in [1.82, 2.24) is 35.1 Å². The number of piperidine rings is 1. The molecule has 0 atom stereocenters. The van der Waals surface area contributed by atoms with Crippen LogP contribution in [0.1, 0.15) is 43.1 Å². The number of carbonyl (C=O) groups is 1. The Labute approximate surface area is 152 Å². The molecule has 0 aromatic carbocycles. The molecule has 0 radical (unpaired) electrons. The molecule has 2 aromatic heterocycles. The Kier molecular flexibility index (Phi) is 4.77. The number of hydrogen-bond acceptors (Lipinski definition) is 7. The Bertz CT molecular complexity index is 748. The number of amides is 1. The van der Waals surface area contributed by atoms with Gasteiger partial charge in [0, 0.05) is 43.9 Å². The van der Waals surface area contributed by atoms with E-state index < -0.39 is 0 Å². The fraction of sp³-hybridized carbons (Fsp3) is 0.647. The molecular formula is C17H24N8O. The summed E-state index contributed by atoms with van der Waals surface area (Å²) in [4.78, 5) is 26.1. The summed E-state index contributed by atoms with van der Waals surface area (Å²) in [6.07, 6.45) is 5.72. The highest BCUT2D eigenvalue weighted by molar-refractivity contribution is 5.75. The number of hydrogen-bond donors (Lipinski definition) is 0. The maximum Gasteiger partial charge on any atom is 0.244 e. The summed E-state index contributed by atoms with van der Waals surface area (Å²) in [5, 5.41) is 10.9. The molecule has 9 nitrogen and oxygen atoms in total. The van der Waals surface area contributed by atoms with Crippen molar-refractivity contribution >= 4 is 11.7 Å². The average molecular weight is 356 g/mol. The number of tetrazole rings is 1. The van der Waals surface area contributed by atoms with Crippen LogP contribution < -0.4 is 4.90 Å². The molecule has 0 unspecified atom stereocenters. The molecule has 0 spiro atoms. The first-order chi connectivity index (χ1) is 12.7. The standard InChI is InChI=1S/C17H24N8O/c1-13-10-15(23-6-2-3-7-23)20-17(19-13)14-4-8-24(9-5-14)16(26)11-25-12-18-21-22-25/h10,12,14H,2-9,11H2,1H3. The van der Waals surface area contributed by atoms with E-state index in [1.807, 2.05) is 11.8 Å². The maximum absolute atomic E-state index is 12.4. The Morgan fingerprint density at radius 3 is 2.62 bits per heavy atom. The minimum Gasteiger partial charge on any atom is -0.357 e. The second-order valence-electron chi connectivity index (χ2n) is 7.08. The molecule has 26 heavy (non-hydrogen) atoms. The summed E-state index contributed by atoms with van der Waals surface area (Å²) in [5.74, 6) is 2.36. The molecule has 1 amide bonds. The van der Waals surface area contributed by atoms with Gasteiger partial charge in [-0.15, -0.1) is 5.10 Å². The molecule has 9 heteroatoms. The van der Waals surface area contributed by atoms with Crippen LogP contribution in [0.5, 0.6) is 0 Å². The molecule has 138 valence electrons. The van der Waals surface area contributed by atoms with Crippen molar-refractivity contribution in [1.29, 1.82) is 0 Å². The summed E-state index contributed by atoms with van der Waals surface area (Å²) in [5.41, 5.74) is 1.02. The summed E-state index contributed by atoms with van der Waals surface area (Å²) < 4.78 is 1.46. The van der Waals surface area contributed by atoms with Gasteiger partial charge in [-0.25, -0.2) is 14.6 Å². The van der Waals surface area contributed by atoms with Crippen LogP contribution >= 0.6 is 0 Å². The van der Waals surface area contributed by atoms with Gasteiger partial charge in [0.05, 0.1) is 0 Å². The second-order valence-corrected chi connectivity index (χ2v) is 7.08. The van der Waals surface area contributed by atoms with Gasteiger partial charge in [-0.3, -0.25) is 4.79 Å². The number of nitrogens with zero attached hydrogens (tertiary/aromatic N) is 8. The van der Waals surface area contributed by atoms with Crippen molar-refractivity contribution in [2.24, 2.45) is 0 Å². The predicted molar refractivity (Wildman–Crippen MR) is 94.6 cm³/mol. The van der Waals surface area contributed by atoms with Crippen LogP contribution in [-0.4, -0.2) is 67.2 Å². The quantitative estimate of drug-likeness (QED) is 0.799. The van der Waals surface area contributed by atoms with E-state index in [1.54, 1.807) is 0 Å². The van der Waals surface area contributed by atoms with Gasteiger partial charge in [-0.05, 0) is 43.0 Å². The number of aromatic nitrogens is 6. The highest BCUT2D eigenvalue weighted by Crippen LogP contribution is 2.28. The first-order valence-corrected chi connectivity index (χ1v) is 9.28. The fourth-order valence-corrected chi connectivity index (χ4v) is 3.74. The van der Waals surface area contributed by atoms with Crippen LogP contribution in [0.15, 0.2) is 12.4 Å². The van der Waals surface area contributed by atoms with Crippen molar-refractivity contribution in [2.45, 2.75) is 45.1 Å². The monoisotopic (exact) mass is 356 g/mol. The third-order valence-electron chi connectivity index (χ3n) is 5.19. The van der Waals surface area contributed by atoms with E-state index >= 15 is 0 Å². The molecule has 2 aromatic rings. The minimum atomic E-state index is 0.0543. The topological polar surface area (TPSA) is 92.9 Å². The predicted octanol–water partition coefficient (Wildman–Crippen LogP) is 0.778. The summed E-state index contributed by atoms with van der Waals surface area (Å²) in [7, 11) is 0. The lowest BCUT2D eigenvalue weighted by molar-refractivity contribution is -0.133. The molecule has 4 heterocycles. The van der Waals surface area contributed by atoms with Crippen molar-refractivity contribution < 1.29 is 4.79 Å². The van der Waals surface area contributed by atoms with Gasteiger partial charge < -0.3 is 9.80 Å². The van der Waals surface area contributed by atoms with Gasteiger partial charge in [0.15, 0.2) is 0 Å². The van der Waals surface area contributed by atoms with Gasteiger partial charge in [0.25, 0.3) is 0 Å². The lowest BCUT2D eigenvalue weighted by Crippen LogP contribution is -2.40. The first-order valence-electron chi connectivity index (χ1n) is 9.28. The molecule has 4 rings (SSSR count). The minimum absolute atomic E-state index is 0.0543. The second kappa shape index (κ2) is 7.35. The number of carbonyl (C=O) groups excluding carboxylic acids is 1. The van der Waals surface area contributed by atoms with E-state index in [0.717, 1.165) is 56.4 Å². The summed E-state index contributed by atoms with van der Waals surface area (Å²) in [6.45, 7) is 5.84. The van der Waals surface area contributed by atoms with E-state index in [1.165, 1.54) is 23.9 Å². The zero-order chi connectivity index (χ0) is 17.9. The molecule has 0 saturated carbocycles. The third kappa shape index (κ3) is 3.66. The van der Waals surface area contributed by atoms with Gasteiger partial charge in [-0.2, -0.15) is 0 Å². The SMILES string of the molecule is Cc1cc(N2CCCC2)nc(C2CCN(C(=O)Cn3cnnn3)CC2)n1. The van der Waals surface area contributed by atoms with E-state index in [-0.39, 0.29) is 12.5 Å². The molecular weight excluding hydrogens is 332 g/mol. The smallest absolute Gasteiger partial charge is 0.244 e. The zero-order valence-corrected chi connectivity index (χ0v) is 15.1. The normalized spacial score (nSPS) is 18.5. The van der Waals surface area contributed by atoms with Crippen LogP contribution in [0.25, 0.3) is 0 Å². The van der Waals surface area contributed by atoms with Crippen LogP contribution in [0.3, 0.4) is 0 Å². The largest absolute Gasteiger partial charge is 0.357 e. The van der Waals surface area contributed by atoms with Gasteiger partial charge in [0.1, 0.15) is 24.5 Å². The molecule has 0 aliphatic carbocycles. The van der Waals surface area contributed by atoms with Crippen LogP contribution in [0.4, 0.5) is 5.82 Å². The van der Waals surface area contributed by atoms with Crippen molar-refractivity contribution in [3.63, 3.8) is 0 Å². The average Bonchev–Trinajstić information content (AvgIpc) is 3.35. The highest BCUT2D eigenvalue weighted by atomic mass is 16.2. The van der Waals surface area contributed by atoms with Crippen molar-refractivity contribution in [3.05, 3.63) is 23.9 Å². The van der Waals surface area contributed by atoms with Crippen LogP contribution in [0.2, 0.25) is 0 Å². The maximum atomic E-state index is 12.4. The molecule has 2 fully saturated rings. The van der Waals surface area contributed by atoms with Crippen molar-refractivity contribution in [2.75, 3.05) is 31.1 Å². The Hall–Kier alpha value is -2.58.